The van der Waals surface area contributed by atoms with Gasteiger partial charge in [-0.15, -0.1) is 0 Å². The van der Waals surface area contributed by atoms with Crippen molar-refractivity contribution < 1.29 is 23.1 Å². The number of carboxylic acid groups (broad SMARTS) is 1. The van der Waals surface area contributed by atoms with Crippen molar-refractivity contribution in [1.82, 2.24) is 4.31 Å². The molecule has 0 atom stereocenters. The molecule has 0 aliphatic carbocycles. The van der Waals surface area contributed by atoms with Crippen molar-refractivity contribution in [3.63, 3.8) is 0 Å². The van der Waals surface area contributed by atoms with E-state index in [2.05, 4.69) is 0 Å². The van der Waals surface area contributed by atoms with Crippen molar-refractivity contribution in [1.29, 1.82) is 0 Å². The lowest BCUT2D eigenvalue weighted by Gasteiger charge is -2.39. The van der Waals surface area contributed by atoms with Gasteiger partial charge < -0.3 is 9.84 Å². The highest BCUT2D eigenvalue weighted by Crippen LogP contribution is 2.34. The van der Waals surface area contributed by atoms with Crippen LogP contribution in [0.2, 0.25) is 0 Å². The van der Waals surface area contributed by atoms with Crippen LogP contribution in [0.15, 0.2) is 18.2 Å². The second kappa shape index (κ2) is 5.53. The zero-order valence-electron chi connectivity index (χ0n) is 12.2. The number of methoxy groups -OCH3 is 1. The molecule has 2 heterocycles. The minimum Gasteiger partial charge on any atom is -0.481 e. The minimum atomic E-state index is -3.56. The highest BCUT2D eigenvalue weighted by Gasteiger charge is 2.41. The molecule has 22 heavy (non-hydrogen) atoms. The van der Waals surface area contributed by atoms with Crippen LogP contribution in [0.4, 0.5) is 5.69 Å². The molecule has 120 valence electrons. The van der Waals surface area contributed by atoms with Gasteiger partial charge in [0.1, 0.15) is 0 Å². The molecule has 1 fully saturated rings. The van der Waals surface area contributed by atoms with Gasteiger partial charge in [0, 0.05) is 26.7 Å². The first-order valence-electron chi connectivity index (χ1n) is 7.06. The van der Waals surface area contributed by atoms with Crippen molar-refractivity contribution in [3.8, 4) is 0 Å². The van der Waals surface area contributed by atoms with Gasteiger partial charge >= 0.3 is 16.2 Å². The Kier molecular flexibility index (Phi) is 3.84. The third-order valence-electron chi connectivity index (χ3n) is 4.11. The Balaban J connectivity index is 1.85. The smallest absolute Gasteiger partial charge is 0.307 e. The van der Waals surface area contributed by atoms with Crippen LogP contribution in [0.1, 0.15) is 11.1 Å². The van der Waals surface area contributed by atoms with Gasteiger partial charge in [0.2, 0.25) is 0 Å². The third kappa shape index (κ3) is 2.57. The summed E-state index contributed by atoms with van der Waals surface area (Å²) in [5, 5.41) is 8.88. The molecule has 2 aliphatic heterocycles. The lowest BCUT2D eigenvalue weighted by atomic mass is 10.1. The first kappa shape index (κ1) is 15.3. The molecular formula is C14H18N2O5S. The lowest BCUT2D eigenvalue weighted by Crippen LogP contribution is -2.58. The van der Waals surface area contributed by atoms with Crippen molar-refractivity contribution in [3.05, 3.63) is 29.3 Å². The van der Waals surface area contributed by atoms with Crippen LogP contribution in [0.3, 0.4) is 0 Å². The second-order valence-corrected chi connectivity index (χ2v) is 7.39. The molecule has 1 aromatic rings. The van der Waals surface area contributed by atoms with E-state index in [0.717, 1.165) is 5.56 Å². The number of fused-ring (bicyclic) bond motifs is 1. The number of anilines is 1. The molecule has 0 radical (unpaired) electrons. The van der Waals surface area contributed by atoms with E-state index >= 15 is 0 Å². The van der Waals surface area contributed by atoms with Crippen LogP contribution < -0.4 is 4.31 Å². The summed E-state index contributed by atoms with van der Waals surface area (Å²) in [6.07, 6.45) is 0.482. The quantitative estimate of drug-likeness (QED) is 0.838. The summed E-state index contributed by atoms with van der Waals surface area (Å²) in [6, 6.07) is 5.23. The Hall–Kier alpha value is -1.64. The molecule has 1 saturated heterocycles. The molecule has 1 aromatic carbocycles. The number of carbonyl (C=O) groups is 1. The van der Waals surface area contributed by atoms with E-state index in [1.165, 1.54) is 8.61 Å². The topological polar surface area (TPSA) is 87.2 Å². The molecule has 2 aliphatic rings. The maximum absolute atomic E-state index is 12.7. The Labute approximate surface area is 129 Å². The molecule has 0 unspecified atom stereocenters. The monoisotopic (exact) mass is 326 g/mol. The van der Waals surface area contributed by atoms with Crippen molar-refractivity contribution >= 4 is 21.9 Å². The zero-order valence-corrected chi connectivity index (χ0v) is 13.0. The van der Waals surface area contributed by atoms with E-state index in [1.807, 2.05) is 6.07 Å². The minimum absolute atomic E-state index is 0.0461. The number of rotatable bonds is 5. The Morgan fingerprint density at radius 1 is 1.41 bits per heavy atom. The number of hydrogen-bond donors (Lipinski definition) is 1. The van der Waals surface area contributed by atoms with Gasteiger partial charge in [-0.3, -0.25) is 9.10 Å². The molecular weight excluding hydrogens is 308 g/mol. The predicted molar refractivity (Wildman–Crippen MR) is 80.1 cm³/mol. The fourth-order valence-electron chi connectivity index (χ4n) is 2.80. The average Bonchev–Trinajstić information content (AvgIpc) is 2.80. The Bertz CT molecular complexity index is 697. The van der Waals surface area contributed by atoms with Crippen LogP contribution in [0, 0.1) is 0 Å². The molecule has 0 aromatic heterocycles. The summed E-state index contributed by atoms with van der Waals surface area (Å²) in [4.78, 5) is 10.8. The third-order valence-corrected chi connectivity index (χ3v) is 6.00. The number of hydrogen-bond acceptors (Lipinski definition) is 4. The highest BCUT2D eigenvalue weighted by atomic mass is 32.2. The van der Waals surface area contributed by atoms with Crippen LogP contribution in [-0.4, -0.2) is 56.6 Å². The molecule has 7 nitrogen and oxygen atoms in total. The molecule has 8 heteroatoms. The summed E-state index contributed by atoms with van der Waals surface area (Å²) >= 11 is 0. The highest BCUT2D eigenvalue weighted by molar-refractivity contribution is 7.90. The van der Waals surface area contributed by atoms with Gasteiger partial charge in [0.05, 0.1) is 18.2 Å². The van der Waals surface area contributed by atoms with E-state index in [1.54, 1.807) is 19.2 Å². The first-order chi connectivity index (χ1) is 10.4. The summed E-state index contributed by atoms with van der Waals surface area (Å²) in [5.74, 6) is -0.932. The first-order valence-corrected chi connectivity index (χ1v) is 8.45. The van der Waals surface area contributed by atoms with E-state index in [0.29, 0.717) is 37.3 Å². The molecule has 0 amide bonds. The number of aliphatic carboxylic acids is 1. The molecule has 3 rings (SSSR count). The fraction of sp³-hybridized carbons (Fsp3) is 0.500. The predicted octanol–water partition coefficient (Wildman–Crippen LogP) is 0.252. The van der Waals surface area contributed by atoms with Crippen LogP contribution in [0.5, 0.6) is 0 Å². The standard InChI is InChI=1S/C14H18N2O5S/c1-21-12-8-15(9-12)22(19,20)16-5-4-11-3-2-10(6-13(11)16)7-14(17)18/h2-3,6,12H,4-5,7-9H2,1H3,(H,17,18). The Morgan fingerprint density at radius 2 is 2.14 bits per heavy atom. The van der Waals surface area contributed by atoms with E-state index in [4.69, 9.17) is 9.84 Å². The lowest BCUT2D eigenvalue weighted by molar-refractivity contribution is -0.136. The largest absolute Gasteiger partial charge is 0.481 e. The van der Waals surface area contributed by atoms with E-state index in [-0.39, 0.29) is 12.5 Å². The van der Waals surface area contributed by atoms with Gasteiger partial charge in [-0.25, -0.2) is 0 Å². The van der Waals surface area contributed by atoms with Gasteiger partial charge in [-0.1, -0.05) is 12.1 Å². The van der Waals surface area contributed by atoms with E-state index in [9.17, 15) is 13.2 Å². The molecule has 1 N–H and O–H groups in total. The van der Waals surface area contributed by atoms with Crippen LogP contribution in [0.25, 0.3) is 0 Å². The maximum atomic E-state index is 12.7. The molecule has 0 spiro atoms. The summed E-state index contributed by atoms with van der Waals surface area (Å²) in [7, 11) is -2.00. The fourth-order valence-corrected chi connectivity index (χ4v) is 4.53. The molecule has 0 saturated carbocycles. The van der Waals surface area contributed by atoms with Gasteiger partial charge in [-0.2, -0.15) is 12.7 Å². The maximum Gasteiger partial charge on any atom is 0.307 e. The number of nitrogens with zero attached hydrogens (tertiary/aromatic N) is 2. The van der Waals surface area contributed by atoms with Gasteiger partial charge in [0.15, 0.2) is 0 Å². The van der Waals surface area contributed by atoms with Crippen molar-refractivity contribution in [2.45, 2.75) is 18.9 Å². The van der Waals surface area contributed by atoms with Gasteiger partial charge in [-0.05, 0) is 23.6 Å². The number of ether oxygens (including phenoxy) is 1. The molecule has 0 bridgehead atoms. The second-order valence-electron chi connectivity index (χ2n) is 5.54. The Morgan fingerprint density at radius 3 is 2.77 bits per heavy atom. The summed E-state index contributed by atoms with van der Waals surface area (Å²) < 4.78 is 33.2. The van der Waals surface area contributed by atoms with Crippen LogP contribution in [-0.2, 0) is 32.6 Å². The number of benzene rings is 1. The summed E-state index contributed by atoms with van der Waals surface area (Å²) in [5.41, 5.74) is 2.13. The zero-order chi connectivity index (χ0) is 15.9. The SMILES string of the molecule is COC1CN(S(=O)(=O)N2CCc3ccc(CC(=O)O)cc32)C1. The number of carboxylic acids is 1. The van der Waals surface area contributed by atoms with E-state index < -0.39 is 16.2 Å². The van der Waals surface area contributed by atoms with Crippen molar-refractivity contribution in [2.75, 3.05) is 31.0 Å². The van der Waals surface area contributed by atoms with Crippen LogP contribution >= 0.6 is 0 Å². The average molecular weight is 326 g/mol. The van der Waals surface area contributed by atoms with Crippen molar-refractivity contribution in [2.24, 2.45) is 0 Å². The van der Waals surface area contributed by atoms with Gasteiger partial charge in [0.25, 0.3) is 0 Å². The summed E-state index contributed by atoms with van der Waals surface area (Å²) in [6.45, 7) is 1.11. The normalized spacial score (nSPS) is 19.0.